The molecule has 0 aliphatic heterocycles. The van der Waals surface area contributed by atoms with Gasteiger partial charge in [-0.25, -0.2) is 0 Å². The maximum absolute atomic E-state index is 12.1. The summed E-state index contributed by atoms with van der Waals surface area (Å²) in [5.41, 5.74) is -1.24. The zero-order chi connectivity index (χ0) is 20.1. The van der Waals surface area contributed by atoms with Gasteiger partial charge in [0.2, 0.25) is 0 Å². The number of hydrogen-bond acceptors (Lipinski definition) is 5. The van der Waals surface area contributed by atoms with Gasteiger partial charge in [-0.2, -0.15) is 0 Å². The summed E-state index contributed by atoms with van der Waals surface area (Å²) in [6.45, 7) is 1.26. The maximum Gasteiger partial charge on any atom is 0.573 e. The summed E-state index contributed by atoms with van der Waals surface area (Å²) in [5, 5.41) is 14.7. The minimum absolute atomic E-state index is 0.104. The van der Waals surface area contributed by atoms with Crippen molar-refractivity contribution in [3.05, 3.63) is 48.4 Å². The first-order valence-corrected chi connectivity index (χ1v) is 7.74. The molecule has 0 radical (unpaired) electrons. The van der Waals surface area contributed by atoms with E-state index in [9.17, 15) is 27.9 Å². The summed E-state index contributed by atoms with van der Waals surface area (Å²) in [5.74, 6) is -1.99. The molecule has 0 saturated heterocycles. The molecule has 2 aromatic rings. The smallest absolute Gasteiger partial charge is 0.469 e. The van der Waals surface area contributed by atoms with Gasteiger partial charge >= 0.3 is 18.2 Å². The van der Waals surface area contributed by atoms with Crippen molar-refractivity contribution in [2.45, 2.75) is 25.3 Å². The van der Waals surface area contributed by atoms with E-state index in [2.05, 4.69) is 15.4 Å². The van der Waals surface area contributed by atoms with E-state index in [0.717, 1.165) is 24.3 Å². The molecular weight excluding hydrogens is 369 g/mol. The summed E-state index contributed by atoms with van der Waals surface area (Å²) < 4.78 is 45.1. The minimum atomic E-state index is -4.82. The first-order chi connectivity index (χ1) is 12.5. The van der Waals surface area contributed by atoms with Crippen LogP contribution in [0.2, 0.25) is 0 Å². The molecule has 146 valence electrons. The largest absolute Gasteiger partial charge is 0.573 e. The third-order valence-electron chi connectivity index (χ3n) is 3.32. The molecular formula is C17H17F3N2O5. The zero-order valence-corrected chi connectivity index (χ0v) is 14.2. The number of hydrogen-bond donors (Lipinski definition) is 3. The molecule has 1 heterocycles. The molecule has 0 bridgehead atoms. The van der Waals surface area contributed by atoms with Gasteiger partial charge < -0.3 is 24.9 Å². The van der Waals surface area contributed by atoms with E-state index in [1.54, 1.807) is 12.1 Å². The molecule has 2 rings (SSSR count). The molecule has 2 amide bonds. The second-order valence-corrected chi connectivity index (χ2v) is 5.96. The van der Waals surface area contributed by atoms with Gasteiger partial charge in [-0.15, -0.1) is 13.2 Å². The van der Waals surface area contributed by atoms with Gasteiger partial charge in [-0.1, -0.05) is 0 Å². The van der Waals surface area contributed by atoms with Gasteiger partial charge in [-0.3, -0.25) is 9.59 Å². The van der Waals surface area contributed by atoms with Crippen LogP contribution in [0.25, 0.3) is 0 Å². The monoisotopic (exact) mass is 386 g/mol. The Morgan fingerprint density at radius 3 is 2.37 bits per heavy atom. The first kappa shape index (κ1) is 20.3. The molecule has 0 aliphatic carbocycles. The van der Waals surface area contributed by atoms with Crippen molar-refractivity contribution in [3.8, 4) is 5.75 Å². The normalized spacial score (nSPS) is 13.5. The number of aliphatic hydroxyl groups is 1. The summed E-state index contributed by atoms with van der Waals surface area (Å²) in [6, 6.07) is 7.61. The lowest BCUT2D eigenvalue weighted by Crippen LogP contribution is -2.45. The lowest BCUT2D eigenvalue weighted by Gasteiger charge is -2.22. The predicted molar refractivity (Wildman–Crippen MR) is 87.8 cm³/mol. The Bertz CT molecular complexity index is 771. The number of amides is 2. The number of carbonyl (C=O) groups is 2. The van der Waals surface area contributed by atoms with E-state index >= 15 is 0 Å². The SMILES string of the molecule is C[C@](O)(CNC(=O)C(=O)Nc1ccc(OC(F)(F)F)cc1)Cc1ccco1. The van der Waals surface area contributed by atoms with E-state index in [0.29, 0.717) is 5.76 Å². The third-order valence-corrected chi connectivity index (χ3v) is 3.32. The van der Waals surface area contributed by atoms with Crippen molar-refractivity contribution in [1.82, 2.24) is 5.32 Å². The lowest BCUT2D eigenvalue weighted by atomic mass is 10.0. The highest BCUT2D eigenvalue weighted by molar-refractivity contribution is 6.39. The van der Waals surface area contributed by atoms with Gasteiger partial charge in [-0.05, 0) is 43.3 Å². The van der Waals surface area contributed by atoms with E-state index in [1.807, 2.05) is 0 Å². The van der Waals surface area contributed by atoms with Crippen LogP contribution in [-0.2, 0) is 16.0 Å². The van der Waals surface area contributed by atoms with Gasteiger partial charge in [0.15, 0.2) is 0 Å². The zero-order valence-electron chi connectivity index (χ0n) is 14.2. The topological polar surface area (TPSA) is 101 Å². The van der Waals surface area contributed by atoms with Crippen LogP contribution in [0.1, 0.15) is 12.7 Å². The van der Waals surface area contributed by atoms with Crippen LogP contribution in [0, 0.1) is 0 Å². The number of carbonyl (C=O) groups excluding carboxylic acids is 2. The Morgan fingerprint density at radius 1 is 1.15 bits per heavy atom. The van der Waals surface area contributed by atoms with Gasteiger partial charge in [0.25, 0.3) is 0 Å². The standard InChI is InChI=1S/C17H17F3N2O5/c1-16(25,9-13-3-2-8-26-13)10-21-14(23)15(24)22-11-4-6-12(7-5-11)27-17(18,19)20/h2-8,25H,9-10H2,1H3,(H,21,23)(H,22,24)/t16-/m1/s1. The molecule has 1 atom stereocenters. The van der Waals surface area contributed by atoms with Crippen LogP contribution in [-0.4, -0.2) is 35.4 Å². The molecule has 1 aromatic heterocycles. The molecule has 27 heavy (non-hydrogen) atoms. The van der Waals surface area contributed by atoms with Crippen molar-refractivity contribution in [3.63, 3.8) is 0 Å². The third kappa shape index (κ3) is 7.02. The van der Waals surface area contributed by atoms with E-state index < -0.39 is 29.5 Å². The average Bonchev–Trinajstić information content (AvgIpc) is 3.05. The van der Waals surface area contributed by atoms with Crippen molar-refractivity contribution < 1.29 is 37.0 Å². The van der Waals surface area contributed by atoms with Crippen LogP contribution in [0.4, 0.5) is 18.9 Å². The number of furan rings is 1. The summed E-state index contributed by atoms with van der Waals surface area (Å²) in [7, 11) is 0. The maximum atomic E-state index is 12.1. The number of alkyl halides is 3. The number of nitrogens with one attached hydrogen (secondary N) is 2. The molecule has 10 heteroatoms. The Kier molecular flexibility index (Phi) is 6.11. The fraction of sp³-hybridized carbons (Fsp3) is 0.294. The van der Waals surface area contributed by atoms with Crippen LogP contribution in [0.3, 0.4) is 0 Å². The number of anilines is 1. The Balaban J connectivity index is 1.83. The molecule has 3 N–H and O–H groups in total. The average molecular weight is 386 g/mol. The second kappa shape index (κ2) is 8.12. The number of halogens is 3. The van der Waals surface area contributed by atoms with Crippen molar-refractivity contribution in [1.29, 1.82) is 0 Å². The quantitative estimate of drug-likeness (QED) is 0.661. The molecule has 0 unspecified atom stereocenters. The second-order valence-electron chi connectivity index (χ2n) is 5.96. The van der Waals surface area contributed by atoms with Crippen LogP contribution < -0.4 is 15.4 Å². The summed E-state index contributed by atoms with van der Waals surface area (Å²) in [6.07, 6.45) is -3.25. The van der Waals surface area contributed by atoms with Crippen LogP contribution >= 0.6 is 0 Å². The fourth-order valence-corrected chi connectivity index (χ4v) is 2.13. The molecule has 0 fully saturated rings. The fourth-order valence-electron chi connectivity index (χ4n) is 2.13. The van der Waals surface area contributed by atoms with Crippen molar-refractivity contribution >= 4 is 17.5 Å². The Labute approximate surface area is 152 Å². The lowest BCUT2D eigenvalue weighted by molar-refractivity contribution is -0.274. The molecule has 1 aromatic carbocycles. The molecule has 0 saturated carbocycles. The summed E-state index contributed by atoms with van der Waals surface area (Å²) >= 11 is 0. The highest BCUT2D eigenvalue weighted by Gasteiger charge is 2.31. The highest BCUT2D eigenvalue weighted by atomic mass is 19.4. The van der Waals surface area contributed by atoms with Gasteiger partial charge in [0.05, 0.1) is 11.9 Å². The predicted octanol–water partition coefficient (Wildman–Crippen LogP) is 2.23. The number of benzene rings is 1. The van der Waals surface area contributed by atoms with Crippen molar-refractivity contribution in [2.24, 2.45) is 0 Å². The van der Waals surface area contributed by atoms with Crippen LogP contribution in [0.5, 0.6) is 5.75 Å². The first-order valence-electron chi connectivity index (χ1n) is 7.74. The minimum Gasteiger partial charge on any atom is -0.469 e. The molecule has 0 spiro atoms. The van der Waals surface area contributed by atoms with E-state index in [-0.39, 0.29) is 18.7 Å². The van der Waals surface area contributed by atoms with E-state index in [4.69, 9.17) is 4.42 Å². The van der Waals surface area contributed by atoms with Crippen LogP contribution in [0.15, 0.2) is 47.1 Å². The Morgan fingerprint density at radius 2 is 1.81 bits per heavy atom. The Hall–Kier alpha value is -3.01. The summed E-state index contributed by atoms with van der Waals surface area (Å²) in [4.78, 5) is 23.6. The highest BCUT2D eigenvalue weighted by Crippen LogP contribution is 2.23. The van der Waals surface area contributed by atoms with Gasteiger partial charge in [0.1, 0.15) is 11.5 Å². The van der Waals surface area contributed by atoms with Gasteiger partial charge in [0, 0.05) is 18.7 Å². The van der Waals surface area contributed by atoms with Crippen molar-refractivity contribution in [2.75, 3.05) is 11.9 Å². The molecule has 7 nitrogen and oxygen atoms in total. The molecule has 0 aliphatic rings. The van der Waals surface area contributed by atoms with E-state index in [1.165, 1.54) is 13.2 Å². The number of rotatable bonds is 6. The number of ether oxygens (including phenoxy) is 1.